The third-order valence-electron chi connectivity index (χ3n) is 7.41. The summed E-state index contributed by atoms with van der Waals surface area (Å²) in [4.78, 5) is 55.9. The lowest BCUT2D eigenvalue weighted by molar-refractivity contribution is -0.131. The minimum atomic E-state index is -1.64. The number of amides is 4. The third-order valence-corrected chi connectivity index (χ3v) is 7.41. The van der Waals surface area contributed by atoms with Crippen LogP contribution in [-0.4, -0.2) is 52.9 Å². The minimum absolute atomic E-state index is 0.141. The topological polar surface area (TPSA) is 127 Å². The Hall–Kier alpha value is -5.95. The Morgan fingerprint density at radius 2 is 1.77 bits per heavy atom. The number of imide groups is 1. The number of urea groups is 1. The van der Waals surface area contributed by atoms with Gasteiger partial charge in [-0.1, -0.05) is 42.2 Å². The molecule has 1 atom stereocenters. The van der Waals surface area contributed by atoms with E-state index in [-0.39, 0.29) is 19.0 Å². The summed E-state index contributed by atoms with van der Waals surface area (Å²) in [7, 11) is 1.52. The fraction of sp³-hybridized carbons (Fsp3) is 0.147. The van der Waals surface area contributed by atoms with Gasteiger partial charge >= 0.3 is 12.0 Å². The van der Waals surface area contributed by atoms with Gasteiger partial charge in [-0.25, -0.2) is 4.79 Å². The quantitative estimate of drug-likeness (QED) is 0.152. The zero-order chi connectivity index (χ0) is 30.8. The molecule has 2 aliphatic rings. The summed E-state index contributed by atoms with van der Waals surface area (Å²) >= 11 is 0. The molecule has 44 heavy (non-hydrogen) atoms. The Kier molecular flexibility index (Phi) is 7.29. The van der Waals surface area contributed by atoms with Crippen LogP contribution in [0.15, 0.2) is 85.2 Å². The van der Waals surface area contributed by atoms with Gasteiger partial charge in [0.05, 0.1) is 13.7 Å². The number of hydrogen-bond donors (Lipinski definition) is 2. The summed E-state index contributed by atoms with van der Waals surface area (Å²) < 4.78 is 10.7. The molecule has 0 spiro atoms. The monoisotopic (exact) mass is 586 g/mol. The third kappa shape index (κ3) is 5.46. The molecule has 1 saturated heterocycles. The van der Waals surface area contributed by atoms with Gasteiger partial charge in [-0.2, -0.15) is 0 Å². The molecule has 218 valence electrons. The van der Waals surface area contributed by atoms with Crippen LogP contribution in [0.25, 0.3) is 22.3 Å². The van der Waals surface area contributed by atoms with Crippen LogP contribution in [0.4, 0.5) is 4.79 Å². The first-order valence-electron chi connectivity index (χ1n) is 13.7. The van der Waals surface area contributed by atoms with Crippen molar-refractivity contribution in [1.82, 2.24) is 20.5 Å². The Bertz CT molecular complexity index is 1880. The summed E-state index contributed by atoms with van der Waals surface area (Å²) in [6.07, 6.45) is 3.45. The van der Waals surface area contributed by atoms with Crippen LogP contribution in [0.3, 0.4) is 0 Å². The summed E-state index contributed by atoms with van der Waals surface area (Å²) in [5.74, 6) is 5.52. The van der Waals surface area contributed by atoms with Gasteiger partial charge in [-0.05, 0) is 59.2 Å². The summed E-state index contributed by atoms with van der Waals surface area (Å²) in [5.41, 5.74) is 3.48. The largest absolute Gasteiger partial charge is 0.497 e. The molecule has 0 radical (unpaired) electrons. The molecule has 10 nitrogen and oxygen atoms in total. The van der Waals surface area contributed by atoms with Crippen LogP contribution in [0.5, 0.6) is 11.5 Å². The van der Waals surface area contributed by atoms with Crippen molar-refractivity contribution in [3.05, 3.63) is 102 Å². The van der Waals surface area contributed by atoms with E-state index in [1.54, 1.807) is 48.8 Å². The molecule has 0 unspecified atom stereocenters. The molecule has 3 aromatic carbocycles. The molecule has 2 N–H and O–H groups in total. The van der Waals surface area contributed by atoms with Gasteiger partial charge in [0.25, 0.3) is 11.8 Å². The van der Waals surface area contributed by atoms with Gasteiger partial charge in [-0.3, -0.25) is 24.7 Å². The normalized spacial score (nSPS) is 16.9. The van der Waals surface area contributed by atoms with Gasteiger partial charge in [0.2, 0.25) is 5.54 Å². The van der Waals surface area contributed by atoms with E-state index >= 15 is 0 Å². The van der Waals surface area contributed by atoms with E-state index in [0.29, 0.717) is 28.2 Å². The molecule has 0 saturated carbocycles. The van der Waals surface area contributed by atoms with Crippen molar-refractivity contribution in [2.45, 2.75) is 19.0 Å². The standard InChI is InChI=1S/C34H26N4O6/c1-21(39)44-30-12-10-24(25-4-3-15-35-18-25)16-28(30)23-7-5-22(6-8-23)13-14-34(32(41)36-33(42)37-34)20-38-19-26-9-11-27(43-2)17-29(26)31(38)40/h3-12,15-18H,19-20H2,1-2H3,(H2,36,37,41,42)/t34-/m1/s1. The van der Waals surface area contributed by atoms with Crippen LogP contribution in [0.1, 0.15) is 28.4 Å². The van der Waals surface area contributed by atoms with Gasteiger partial charge in [0.15, 0.2) is 0 Å². The first-order valence-corrected chi connectivity index (χ1v) is 13.7. The number of rotatable bonds is 6. The second-order valence-electron chi connectivity index (χ2n) is 10.4. The maximum Gasteiger partial charge on any atom is 0.323 e. The van der Waals surface area contributed by atoms with Crippen LogP contribution in [0, 0.1) is 11.8 Å². The highest BCUT2D eigenvalue weighted by Crippen LogP contribution is 2.35. The van der Waals surface area contributed by atoms with Crippen molar-refractivity contribution >= 4 is 23.8 Å². The Morgan fingerprint density at radius 3 is 2.45 bits per heavy atom. The lowest BCUT2D eigenvalue weighted by Crippen LogP contribution is -2.54. The highest BCUT2D eigenvalue weighted by atomic mass is 16.5. The molecule has 10 heteroatoms. The van der Waals surface area contributed by atoms with E-state index in [4.69, 9.17) is 9.47 Å². The second kappa shape index (κ2) is 11.4. The van der Waals surface area contributed by atoms with E-state index in [9.17, 15) is 19.2 Å². The van der Waals surface area contributed by atoms with Gasteiger partial charge in [0.1, 0.15) is 11.5 Å². The summed E-state index contributed by atoms with van der Waals surface area (Å²) in [6, 6.07) is 21.0. The van der Waals surface area contributed by atoms with E-state index in [1.807, 2.05) is 36.4 Å². The number of methoxy groups -OCH3 is 1. The number of pyridine rings is 1. The van der Waals surface area contributed by atoms with Gasteiger partial charge in [-0.15, -0.1) is 0 Å². The molecule has 3 heterocycles. The first-order chi connectivity index (χ1) is 21.2. The highest BCUT2D eigenvalue weighted by Gasteiger charge is 2.48. The Balaban J connectivity index is 1.29. The number of ether oxygens (including phenoxy) is 2. The highest BCUT2D eigenvalue weighted by molar-refractivity contribution is 6.10. The number of carbonyl (C=O) groups is 4. The maximum absolute atomic E-state index is 13.2. The Labute approximate surface area is 253 Å². The van der Waals surface area contributed by atoms with E-state index in [2.05, 4.69) is 27.5 Å². The predicted octanol–water partition coefficient (Wildman–Crippen LogP) is 3.94. The number of esters is 1. The summed E-state index contributed by atoms with van der Waals surface area (Å²) in [5, 5.41) is 4.87. The molecule has 6 rings (SSSR count). The average Bonchev–Trinajstić information content (AvgIpc) is 3.49. The van der Waals surface area contributed by atoms with Crippen molar-refractivity contribution in [2.75, 3.05) is 13.7 Å². The number of nitrogens with zero attached hydrogens (tertiary/aromatic N) is 2. The SMILES string of the molecule is COc1ccc2c(c1)C(=O)N(C[C@@]1(C#Cc3ccc(-c4cc(-c5cccnc5)ccc4OC(C)=O)cc3)NC(=O)NC1=O)C2. The fourth-order valence-corrected chi connectivity index (χ4v) is 5.24. The first kappa shape index (κ1) is 28.2. The fourth-order valence-electron chi connectivity index (χ4n) is 5.24. The van der Waals surface area contributed by atoms with Crippen molar-refractivity contribution in [2.24, 2.45) is 0 Å². The molecular formula is C34H26N4O6. The second-order valence-corrected chi connectivity index (χ2v) is 10.4. The number of hydrogen-bond acceptors (Lipinski definition) is 7. The van der Waals surface area contributed by atoms with Crippen LogP contribution in [-0.2, 0) is 16.1 Å². The number of carbonyl (C=O) groups excluding carboxylic acids is 4. The van der Waals surface area contributed by atoms with Gasteiger partial charge in [0, 0.05) is 48.1 Å². The van der Waals surface area contributed by atoms with Crippen LogP contribution in [0.2, 0.25) is 0 Å². The lowest BCUT2D eigenvalue weighted by atomic mass is 9.97. The Morgan fingerprint density at radius 1 is 0.977 bits per heavy atom. The zero-order valence-corrected chi connectivity index (χ0v) is 23.8. The molecule has 0 bridgehead atoms. The number of fused-ring (bicyclic) bond motifs is 1. The molecule has 4 amide bonds. The van der Waals surface area contributed by atoms with Gasteiger partial charge < -0.3 is 19.7 Å². The number of nitrogens with one attached hydrogen (secondary N) is 2. The van der Waals surface area contributed by atoms with Crippen molar-refractivity contribution in [3.63, 3.8) is 0 Å². The van der Waals surface area contributed by atoms with Crippen molar-refractivity contribution in [3.8, 4) is 45.6 Å². The van der Waals surface area contributed by atoms with Crippen molar-refractivity contribution in [1.29, 1.82) is 0 Å². The molecule has 1 fully saturated rings. The van der Waals surface area contributed by atoms with Crippen molar-refractivity contribution < 1.29 is 28.7 Å². The smallest absolute Gasteiger partial charge is 0.323 e. The molecule has 1 aromatic heterocycles. The zero-order valence-electron chi connectivity index (χ0n) is 23.8. The molecule has 2 aliphatic heterocycles. The van der Waals surface area contributed by atoms with E-state index in [0.717, 1.165) is 22.3 Å². The minimum Gasteiger partial charge on any atom is -0.497 e. The summed E-state index contributed by atoms with van der Waals surface area (Å²) in [6.45, 7) is 1.47. The molecule has 0 aliphatic carbocycles. The van der Waals surface area contributed by atoms with Crippen LogP contribution < -0.4 is 20.1 Å². The molecular weight excluding hydrogens is 560 g/mol. The maximum atomic E-state index is 13.2. The molecule has 4 aromatic rings. The van der Waals surface area contributed by atoms with E-state index in [1.165, 1.54) is 18.9 Å². The lowest BCUT2D eigenvalue weighted by Gasteiger charge is -2.26. The number of benzene rings is 3. The van der Waals surface area contributed by atoms with E-state index < -0.39 is 23.4 Å². The number of aromatic nitrogens is 1. The predicted molar refractivity (Wildman–Crippen MR) is 160 cm³/mol. The average molecular weight is 587 g/mol. The van der Waals surface area contributed by atoms with Crippen LogP contribution >= 0.6 is 0 Å².